The van der Waals surface area contributed by atoms with Crippen molar-refractivity contribution < 1.29 is 14.1 Å². The number of nitrogens with one attached hydrogen (secondary N) is 1. The lowest BCUT2D eigenvalue weighted by Gasteiger charge is -2.22. The van der Waals surface area contributed by atoms with Gasteiger partial charge in [-0.2, -0.15) is 4.98 Å². The van der Waals surface area contributed by atoms with Gasteiger partial charge in [-0.1, -0.05) is 59.2 Å². The number of carbonyl (C=O) groups excluding carboxylic acids is 2. The zero-order valence-electron chi connectivity index (χ0n) is 15.1. The standard InChI is InChI=1S/C20H17ClN4O3/c1-20(14-8-5-9-15(21)11-14)18(26)25(19(27)23-20)12-17-22-16(24-28-17)10-13-6-3-2-4-7-13/h2-9,11H,10,12H2,1H3,(H,23,27)/t20-/m1/s1. The summed E-state index contributed by atoms with van der Waals surface area (Å²) in [6.07, 6.45) is 0.505. The fourth-order valence-corrected chi connectivity index (χ4v) is 3.37. The average Bonchev–Trinajstić information content (AvgIpc) is 3.21. The van der Waals surface area contributed by atoms with Crippen molar-refractivity contribution in [3.05, 3.63) is 82.5 Å². The summed E-state index contributed by atoms with van der Waals surface area (Å²) in [4.78, 5) is 30.8. The summed E-state index contributed by atoms with van der Waals surface area (Å²) in [5.74, 6) is 0.290. The first-order valence-corrected chi connectivity index (χ1v) is 9.09. The van der Waals surface area contributed by atoms with Crippen LogP contribution in [0.2, 0.25) is 5.02 Å². The number of hydrogen-bond donors (Lipinski definition) is 1. The van der Waals surface area contributed by atoms with Crippen molar-refractivity contribution in [3.63, 3.8) is 0 Å². The van der Waals surface area contributed by atoms with Gasteiger partial charge in [-0.25, -0.2) is 4.79 Å². The van der Waals surface area contributed by atoms with E-state index < -0.39 is 17.5 Å². The van der Waals surface area contributed by atoms with E-state index >= 15 is 0 Å². The van der Waals surface area contributed by atoms with Crippen molar-refractivity contribution in [2.24, 2.45) is 0 Å². The summed E-state index contributed by atoms with van der Waals surface area (Å²) < 4.78 is 5.23. The number of rotatable bonds is 5. The second-order valence-corrected chi connectivity index (χ2v) is 7.16. The molecular formula is C20H17ClN4O3. The highest BCUT2D eigenvalue weighted by Gasteiger charge is 2.49. The molecule has 1 saturated heterocycles. The minimum Gasteiger partial charge on any atom is -0.337 e. The molecular weight excluding hydrogens is 380 g/mol. The van der Waals surface area contributed by atoms with Gasteiger partial charge in [0.05, 0.1) is 0 Å². The van der Waals surface area contributed by atoms with Gasteiger partial charge in [0, 0.05) is 11.4 Å². The van der Waals surface area contributed by atoms with Gasteiger partial charge < -0.3 is 9.84 Å². The highest BCUT2D eigenvalue weighted by Crippen LogP contribution is 2.31. The Labute approximate surface area is 166 Å². The molecule has 2 heterocycles. The van der Waals surface area contributed by atoms with E-state index in [0.29, 0.717) is 22.8 Å². The van der Waals surface area contributed by atoms with Crippen molar-refractivity contribution in [2.75, 3.05) is 0 Å². The van der Waals surface area contributed by atoms with Gasteiger partial charge in [0.25, 0.3) is 5.91 Å². The number of carbonyl (C=O) groups is 2. The fraction of sp³-hybridized carbons (Fsp3) is 0.200. The molecule has 0 aliphatic carbocycles. The first-order valence-electron chi connectivity index (χ1n) is 8.71. The molecule has 1 N–H and O–H groups in total. The number of aromatic nitrogens is 2. The second kappa shape index (κ2) is 7.09. The van der Waals surface area contributed by atoms with Gasteiger partial charge in [0.2, 0.25) is 5.89 Å². The predicted octanol–water partition coefficient (Wildman–Crippen LogP) is 3.28. The lowest BCUT2D eigenvalue weighted by Crippen LogP contribution is -2.40. The van der Waals surface area contributed by atoms with Gasteiger partial charge in [-0.3, -0.25) is 9.69 Å². The van der Waals surface area contributed by atoms with Crippen molar-refractivity contribution in [1.82, 2.24) is 20.4 Å². The van der Waals surface area contributed by atoms with Crippen LogP contribution in [0.1, 0.15) is 29.8 Å². The number of halogens is 1. The fourth-order valence-electron chi connectivity index (χ4n) is 3.18. The van der Waals surface area contributed by atoms with Crippen molar-refractivity contribution in [2.45, 2.75) is 25.4 Å². The van der Waals surface area contributed by atoms with Gasteiger partial charge in [-0.15, -0.1) is 0 Å². The van der Waals surface area contributed by atoms with E-state index in [-0.39, 0.29) is 12.4 Å². The highest BCUT2D eigenvalue weighted by molar-refractivity contribution is 6.30. The molecule has 0 saturated carbocycles. The maximum atomic E-state index is 13.0. The van der Waals surface area contributed by atoms with Crippen LogP contribution in [0.4, 0.5) is 4.79 Å². The van der Waals surface area contributed by atoms with E-state index in [4.69, 9.17) is 16.1 Å². The number of nitrogens with zero attached hydrogens (tertiary/aromatic N) is 3. The van der Waals surface area contributed by atoms with E-state index in [1.165, 1.54) is 0 Å². The number of imide groups is 1. The smallest absolute Gasteiger partial charge is 0.325 e. The monoisotopic (exact) mass is 396 g/mol. The van der Waals surface area contributed by atoms with E-state index in [9.17, 15) is 9.59 Å². The second-order valence-electron chi connectivity index (χ2n) is 6.72. The SMILES string of the molecule is C[C@]1(c2cccc(Cl)c2)NC(=O)N(Cc2nc(Cc3ccccc3)no2)C1=O. The third-order valence-corrected chi connectivity index (χ3v) is 4.92. The normalized spacial score (nSPS) is 19.1. The Hall–Kier alpha value is -3.19. The van der Waals surface area contributed by atoms with Crippen LogP contribution in [0.3, 0.4) is 0 Å². The molecule has 142 valence electrons. The highest BCUT2D eigenvalue weighted by atomic mass is 35.5. The van der Waals surface area contributed by atoms with Crippen LogP contribution >= 0.6 is 11.6 Å². The summed E-state index contributed by atoms with van der Waals surface area (Å²) in [5.41, 5.74) is 0.448. The molecule has 0 unspecified atom stereocenters. The molecule has 1 atom stereocenters. The van der Waals surface area contributed by atoms with Crippen LogP contribution in [0.5, 0.6) is 0 Å². The molecule has 4 rings (SSSR count). The zero-order chi connectivity index (χ0) is 19.7. The van der Waals surface area contributed by atoms with Crippen LogP contribution in [0, 0.1) is 0 Å². The molecule has 0 radical (unpaired) electrons. The summed E-state index contributed by atoms with van der Waals surface area (Å²) in [6, 6.07) is 16.1. The minimum atomic E-state index is -1.20. The molecule has 7 nitrogen and oxygen atoms in total. The summed E-state index contributed by atoms with van der Waals surface area (Å²) in [7, 11) is 0. The van der Waals surface area contributed by atoms with Crippen LogP contribution in [-0.2, 0) is 23.3 Å². The minimum absolute atomic E-state index is 0.0946. The molecule has 1 aliphatic rings. The molecule has 3 aromatic rings. The Morgan fingerprint density at radius 1 is 1.14 bits per heavy atom. The Kier molecular flexibility index (Phi) is 4.60. The molecule has 2 aromatic carbocycles. The maximum Gasteiger partial charge on any atom is 0.325 e. The molecule has 1 aliphatic heterocycles. The van der Waals surface area contributed by atoms with Gasteiger partial charge in [0.1, 0.15) is 12.1 Å². The first kappa shape index (κ1) is 18.2. The third kappa shape index (κ3) is 3.36. The maximum absolute atomic E-state index is 13.0. The van der Waals surface area contributed by atoms with E-state index in [1.54, 1.807) is 31.2 Å². The van der Waals surface area contributed by atoms with Gasteiger partial charge >= 0.3 is 6.03 Å². The topological polar surface area (TPSA) is 88.3 Å². The van der Waals surface area contributed by atoms with Crippen molar-refractivity contribution in [1.29, 1.82) is 0 Å². The predicted molar refractivity (Wildman–Crippen MR) is 101 cm³/mol. The van der Waals surface area contributed by atoms with Gasteiger partial charge in [-0.05, 0) is 30.2 Å². The van der Waals surface area contributed by atoms with Crippen LogP contribution in [0.25, 0.3) is 0 Å². The Morgan fingerprint density at radius 3 is 2.68 bits per heavy atom. The first-order chi connectivity index (χ1) is 13.5. The molecule has 1 fully saturated rings. The number of urea groups is 1. The van der Waals surface area contributed by atoms with E-state index in [2.05, 4.69) is 15.5 Å². The van der Waals surface area contributed by atoms with Crippen LogP contribution < -0.4 is 5.32 Å². The average molecular weight is 397 g/mol. The Morgan fingerprint density at radius 2 is 1.93 bits per heavy atom. The lowest BCUT2D eigenvalue weighted by atomic mass is 9.92. The molecule has 0 bridgehead atoms. The summed E-state index contributed by atoms with van der Waals surface area (Å²) >= 11 is 6.03. The quantitative estimate of drug-likeness (QED) is 0.668. The number of benzene rings is 2. The van der Waals surface area contributed by atoms with Crippen LogP contribution in [-0.4, -0.2) is 27.0 Å². The molecule has 8 heteroatoms. The van der Waals surface area contributed by atoms with E-state index in [0.717, 1.165) is 10.5 Å². The summed E-state index contributed by atoms with van der Waals surface area (Å²) in [6.45, 7) is 1.55. The van der Waals surface area contributed by atoms with Crippen LogP contribution in [0.15, 0.2) is 59.1 Å². The third-order valence-electron chi connectivity index (χ3n) is 4.69. The number of amides is 3. The molecule has 28 heavy (non-hydrogen) atoms. The van der Waals surface area contributed by atoms with Crippen molar-refractivity contribution in [3.8, 4) is 0 Å². The lowest BCUT2D eigenvalue weighted by molar-refractivity contribution is -0.131. The Bertz CT molecular complexity index is 1040. The largest absolute Gasteiger partial charge is 0.337 e. The van der Waals surface area contributed by atoms with E-state index in [1.807, 2.05) is 30.3 Å². The zero-order valence-corrected chi connectivity index (χ0v) is 15.8. The van der Waals surface area contributed by atoms with Crippen molar-refractivity contribution >= 4 is 23.5 Å². The van der Waals surface area contributed by atoms with Gasteiger partial charge in [0.15, 0.2) is 5.82 Å². The number of hydrogen-bond acceptors (Lipinski definition) is 5. The summed E-state index contributed by atoms with van der Waals surface area (Å²) in [5, 5.41) is 7.15. The molecule has 1 aromatic heterocycles. The molecule has 3 amide bonds. The molecule has 0 spiro atoms. The Balaban J connectivity index is 1.51.